The van der Waals surface area contributed by atoms with Gasteiger partial charge in [-0.15, -0.1) is 0 Å². The van der Waals surface area contributed by atoms with Gasteiger partial charge in [0, 0.05) is 18.7 Å². The molecule has 1 aliphatic rings. The number of nitrogens with zero attached hydrogens (tertiary/aromatic N) is 3. The van der Waals surface area contributed by atoms with Crippen molar-refractivity contribution in [2.45, 2.75) is 6.18 Å². The van der Waals surface area contributed by atoms with Crippen molar-refractivity contribution in [3.63, 3.8) is 0 Å². The number of carbonyl (C=O) groups is 1. The Kier molecular flexibility index (Phi) is 6.01. The van der Waals surface area contributed by atoms with E-state index in [1.165, 1.54) is 16.8 Å². The number of hydrazine groups is 1. The van der Waals surface area contributed by atoms with Crippen LogP contribution in [-0.2, 0) is 10.9 Å². The van der Waals surface area contributed by atoms with E-state index in [2.05, 4.69) is 15.8 Å². The molecule has 1 fully saturated rings. The van der Waals surface area contributed by atoms with Crippen molar-refractivity contribution in [3.05, 3.63) is 60.2 Å². The minimum atomic E-state index is -4.45. The molecule has 3 aromatic rings. The Bertz CT molecular complexity index is 1080. The van der Waals surface area contributed by atoms with Gasteiger partial charge in [-0.1, -0.05) is 30.3 Å². The molecule has 2 heterocycles. The quantitative estimate of drug-likeness (QED) is 0.570. The van der Waals surface area contributed by atoms with E-state index in [-0.39, 0.29) is 11.5 Å². The number of urea groups is 1. The van der Waals surface area contributed by atoms with Gasteiger partial charge in [-0.25, -0.2) is 14.5 Å². The zero-order valence-electron chi connectivity index (χ0n) is 16.9. The van der Waals surface area contributed by atoms with Gasteiger partial charge in [-0.2, -0.15) is 18.3 Å². The highest BCUT2D eigenvalue weighted by atomic mass is 19.4. The largest absolute Gasteiger partial charge is 0.416 e. The van der Waals surface area contributed by atoms with E-state index in [0.717, 1.165) is 12.1 Å². The number of halogens is 3. The Balaban J connectivity index is 1.67. The molecular formula is C21H21F3N6O2. The van der Waals surface area contributed by atoms with E-state index in [0.29, 0.717) is 43.2 Å². The van der Waals surface area contributed by atoms with Crippen LogP contribution in [0.5, 0.6) is 0 Å². The normalized spacial score (nSPS) is 14.8. The number of hydrogen-bond acceptors (Lipinski definition) is 5. The first kappa shape index (κ1) is 21.7. The van der Waals surface area contributed by atoms with Gasteiger partial charge < -0.3 is 15.8 Å². The maximum absolute atomic E-state index is 12.9. The van der Waals surface area contributed by atoms with Gasteiger partial charge in [0.15, 0.2) is 5.82 Å². The van der Waals surface area contributed by atoms with Crippen molar-refractivity contribution in [1.29, 1.82) is 0 Å². The van der Waals surface area contributed by atoms with Crippen LogP contribution in [0.1, 0.15) is 5.56 Å². The molecule has 0 unspecified atom stereocenters. The van der Waals surface area contributed by atoms with E-state index < -0.39 is 17.8 Å². The van der Waals surface area contributed by atoms with Crippen molar-refractivity contribution in [1.82, 2.24) is 20.2 Å². The smallest absolute Gasteiger partial charge is 0.382 e. The highest BCUT2D eigenvalue weighted by Gasteiger charge is 2.30. The third kappa shape index (κ3) is 4.68. The Morgan fingerprint density at radius 1 is 1.03 bits per heavy atom. The number of nitrogens with two attached hydrogens (primary N) is 1. The molecule has 4 N–H and O–H groups in total. The number of anilines is 2. The number of nitrogen functional groups attached to an aromatic ring is 1. The van der Waals surface area contributed by atoms with Crippen LogP contribution in [0.3, 0.4) is 0 Å². The SMILES string of the molecule is Nc1c(NC(=O)NN2CCOCC2)c(-c2ccccc2)nn1-c1ccc(C(F)(F)F)cc1. The minimum Gasteiger partial charge on any atom is -0.382 e. The van der Waals surface area contributed by atoms with Gasteiger partial charge >= 0.3 is 12.2 Å². The number of ether oxygens (including phenoxy) is 1. The zero-order valence-corrected chi connectivity index (χ0v) is 16.9. The van der Waals surface area contributed by atoms with Gasteiger partial charge in [-0.05, 0) is 24.3 Å². The first-order chi connectivity index (χ1) is 15.3. The van der Waals surface area contributed by atoms with Crippen LogP contribution in [0.25, 0.3) is 16.9 Å². The van der Waals surface area contributed by atoms with E-state index in [4.69, 9.17) is 10.5 Å². The van der Waals surface area contributed by atoms with Gasteiger partial charge in [0.2, 0.25) is 0 Å². The summed E-state index contributed by atoms with van der Waals surface area (Å²) >= 11 is 0. The van der Waals surface area contributed by atoms with Crippen LogP contribution >= 0.6 is 0 Å². The molecule has 0 bridgehead atoms. The van der Waals surface area contributed by atoms with Crippen molar-refractivity contribution in [3.8, 4) is 16.9 Å². The number of benzene rings is 2. The molecular weight excluding hydrogens is 425 g/mol. The third-order valence-electron chi connectivity index (χ3n) is 4.92. The standard InChI is InChI=1S/C21H21F3N6O2/c22-21(23,24)15-6-8-16(9-7-15)30-19(25)18(17(27-30)14-4-2-1-3-5-14)26-20(31)28-29-10-12-32-13-11-29/h1-9H,10-13,25H2,(H2,26,28,31). The molecule has 11 heteroatoms. The summed E-state index contributed by atoms with van der Waals surface area (Å²) in [6.45, 7) is 2.09. The van der Waals surface area contributed by atoms with Crippen molar-refractivity contribution in [2.24, 2.45) is 0 Å². The summed E-state index contributed by atoms with van der Waals surface area (Å²) in [5.41, 5.74) is 9.89. The first-order valence-electron chi connectivity index (χ1n) is 9.85. The summed E-state index contributed by atoms with van der Waals surface area (Å²) < 4.78 is 45.3. The molecule has 0 saturated carbocycles. The molecule has 1 saturated heterocycles. The van der Waals surface area contributed by atoms with E-state index in [1.54, 1.807) is 29.3 Å². The zero-order chi connectivity index (χ0) is 22.7. The lowest BCUT2D eigenvalue weighted by molar-refractivity contribution is -0.137. The van der Waals surface area contributed by atoms with E-state index >= 15 is 0 Å². The van der Waals surface area contributed by atoms with Crippen LogP contribution in [0, 0.1) is 0 Å². The summed E-state index contributed by atoms with van der Waals surface area (Å²) in [7, 11) is 0. The average Bonchev–Trinajstić information content (AvgIpc) is 3.10. The molecule has 0 radical (unpaired) electrons. The molecule has 32 heavy (non-hydrogen) atoms. The molecule has 1 aliphatic heterocycles. The lowest BCUT2D eigenvalue weighted by Gasteiger charge is -2.26. The molecule has 0 atom stereocenters. The Hall–Kier alpha value is -3.57. The molecule has 8 nitrogen and oxygen atoms in total. The average molecular weight is 446 g/mol. The predicted octanol–water partition coefficient (Wildman–Crippen LogP) is 3.51. The topological polar surface area (TPSA) is 97.4 Å². The number of alkyl halides is 3. The number of hydrogen-bond donors (Lipinski definition) is 3. The van der Waals surface area contributed by atoms with Crippen LogP contribution in [0.15, 0.2) is 54.6 Å². The van der Waals surface area contributed by atoms with Crippen molar-refractivity contribution >= 4 is 17.5 Å². The summed E-state index contributed by atoms with van der Waals surface area (Å²) in [5, 5.41) is 8.93. The fraction of sp³-hybridized carbons (Fsp3) is 0.238. The van der Waals surface area contributed by atoms with Crippen molar-refractivity contribution in [2.75, 3.05) is 37.4 Å². The van der Waals surface area contributed by atoms with E-state index in [1.807, 2.05) is 6.07 Å². The van der Waals surface area contributed by atoms with E-state index in [9.17, 15) is 18.0 Å². The molecule has 4 rings (SSSR count). The number of nitrogens with one attached hydrogen (secondary N) is 2. The maximum atomic E-state index is 12.9. The fourth-order valence-corrected chi connectivity index (χ4v) is 3.30. The Morgan fingerprint density at radius 2 is 1.69 bits per heavy atom. The van der Waals surface area contributed by atoms with Crippen LogP contribution in [0.4, 0.5) is 29.5 Å². The van der Waals surface area contributed by atoms with Gasteiger partial charge in [0.25, 0.3) is 0 Å². The van der Waals surface area contributed by atoms with Gasteiger partial charge in [-0.3, -0.25) is 5.43 Å². The number of amides is 2. The lowest BCUT2D eigenvalue weighted by atomic mass is 10.1. The van der Waals surface area contributed by atoms with Crippen LogP contribution in [0.2, 0.25) is 0 Å². The van der Waals surface area contributed by atoms with Gasteiger partial charge in [0.1, 0.15) is 11.4 Å². The Morgan fingerprint density at radius 3 is 2.31 bits per heavy atom. The number of carbonyl (C=O) groups excluding carboxylic acids is 1. The number of morpholine rings is 1. The molecule has 2 amide bonds. The monoisotopic (exact) mass is 446 g/mol. The summed E-state index contributed by atoms with van der Waals surface area (Å²) in [6, 6.07) is 13.0. The summed E-state index contributed by atoms with van der Waals surface area (Å²) in [6.07, 6.45) is -4.45. The minimum absolute atomic E-state index is 0.0840. The second kappa shape index (κ2) is 8.89. The molecule has 168 valence electrons. The molecule has 0 spiro atoms. The lowest BCUT2D eigenvalue weighted by Crippen LogP contribution is -2.49. The van der Waals surface area contributed by atoms with Gasteiger partial charge in [0.05, 0.1) is 24.5 Å². The third-order valence-corrected chi connectivity index (χ3v) is 4.92. The van der Waals surface area contributed by atoms with Crippen molar-refractivity contribution < 1.29 is 22.7 Å². The summed E-state index contributed by atoms with van der Waals surface area (Å²) in [5.74, 6) is 0.0840. The predicted molar refractivity (Wildman–Crippen MR) is 113 cm³/mol. The highest BCUT2D eigenvalue weighted by Crippen LogP contribution is 2.35. The number of rotatable bonds is 4. The molecule has 2 aromatic carbocycles. The fourth-order valence-electron chi connectivity index (χ4n) is 3.30. The van der Waals surface area contributed by atoms with Crippen LogP contribution < -0.4 is 16.5 Å². The maximum Gasteiger partial charge on any atom is 0.416 e. The molecule has 0 aliphatic carbocycles. The molecule has 1 aromatic heterocycles. The first-order valence-corrected chi connectivity index (χ1v) is 9.85. The van der Waals surface area contributed by atoms with Crippen LogP contribution in [-0.4, -0.2) is 47.1 Å². The second-order valence-corrected chi connectivity index (χ2v) is 7.10. The summed E-state index contributed by atoms with van der Waals surface area (Å²) in [4.78, 5) is 12.6. The number of aromatic nitrogens is 2. The Labute approximate surface area is 181 Å². The highest BCUT2D eigenvalue weighted by molar-refractivity contribution is 5.97. The second-order valence-electron chi connectivity index (χ2n) is 7.10.